The predicted octanol–water partition coefficient (Wildman–Crippen LogP) is 1.31. The quantitative estimate of drug-likeness (QED) is 0.889. The number of alkyl halides is 3. The minimum atomic E-state index is -4.43. The third-order valence-corrected chi connectivity index (χ3v) is 3.33. The molecule has 8 heteroatoms. The van der Waals surface area contributed by atoms with Gasteiger partial charge in [0.05, 0.1) is 5.56 Å². The summed E-state index contributed by atoms with van der Waals surface area (Å²) in [5, 5.41) is 9.09. The van der Waals surface area contributed by atoms with Crippen molar-refractivity contribution < 1.29 is 23.1 Å². The first-order chi connectivity index (χ1) is 9.29. The van der Waals surface area contributed by atoms with Gasteiger partial charge in [-0.05, 0) is 19.2 Å². The van der Waals surface area contributed by atoms with E-state index in [4.69, 9.17) is 5.11 Å². The van der Waals surface area contributed by atoms with Gasteiger partial charge in [0, 0.05) is 25.8 Å². The smallest absolute Gasteiger partial charge is 0.416 e. The number of carbonyl (C=O) groups is 1. The molecule has 1 aliphatic heterocycles. The van der Waals surface area contributed by atoms with E-state index in [1.54, 1.807) is 16.8 Å². The molecule has 1 atom stereocenters. The van der Waals surface area contributed by atoms with Crippen molar-refractivity contribution in [3.63, 3.8) is 0 Å². The van der Waals surface area contributed by atoms with Crippen LogP contribution in [0, 0.1) is 0 Å². The van der Waals surface area contributed by atoms with Crippen LogP contribution in [0.25, 0.3) is 0 Å². The monoisotopic (exact) mass is 289 g/mol. The van der Waals surface area contributed by atoms with Crippen LogP contribution in [0.5, 0.6) is 0 Å². The maximum Gasteiger partial charge on any atom is 0.416 e. The Bertz CT molecular complexity index is 507. The van der Waals surface area contributed by atoms with Gasteiger partial charge in [-0.3, -0.25) is 9.69 Å². The van der Waals surface area contributed by atoms with Crippen LogP contribution in [0.4, 0.5) is 19.0 Å². The summed E-state index contributed by atoms with van der Waals surface area (Å²) in [6.45, 7) is 1.00. The Hall–Kier alpha value is -1.83. The lowest BCUT2D eigenvalue weighted by atomic mass is 10.1. The molecule has 1 unspecified atom stereocenters. The summed E-state index contributed by atoms with van der Waals surface area (Å²) in [4.78, 5) is 18.2. The number of hydrogen-bond acceptors (Lipinski definition) is 4. The molecule has 1 fully saturated rings. The van der Waals surface area contributed by atoms with Crippen molar-refractivity contribution in [3.05, 3.63) is 23.9 Å². The molecule has 5 nitrogen and oxygen atoms in total. The van der Waals surface area contributed by atoms with Gasteiger partial charge in [0.1, 0.15) is 11.9 Å². The zero-order valence-corrected chi connectivity index (χ0v) is 10.8. The van der Waals surface area contributed by atoms with Crippen LogP contribution in [-0.2, 0) is 11.0 Å². The molecule has 1 saturated heterocycles. The molecule has 0 bridgehead atoms. The predicted molar refractivity (Wildman–Crippen MR) is 65.5 cm³/mol. The topological polar surface area (TPSA) is 56.7 Å². The lowest BCUT2D eigenvalue weighted by molar-refractivity contribution is -0.143. The van der Waals surface area contributed by atoms with E-state index in [0.717, 1.165) is 18.3 Å². The Labute approximate surface area is 113 Å². The largest absolute Gasteiger partial charge is 0.480 e. The molecule has 1 N–H and O–H groups in total. The van der Waals surface area contributed by atoms with Crippen molar-refractivity contribution in [3.8, 4) is 0 Å². The number of aromatic nitrogens is 1. The van der Waals surface area contributed by atoms with E-state index in [2.05, 4.69) is 4.98 Å². The summed E-state index contributed by atoms with van der Waals surface area (Å²) in [6.07, 6.45) is -3.34. The molecule has 1 aromatic rings. The molecule has 0 aromatic carbocycles. The number of nitrogens with zero attached hydrogens (tertiary/aromatic N) is 3. The molecule has 0 amide bonds. The van der Waals surface area contributed by atoms with Crippen molar-refractivity contribution in [2.75, 3.05) is 31.6 Å². The van der Waals surface area contributed by atoms with Crippen molar-refractivity contribution in [2.24, 2.45) is 0 Å². The molecule has 0 radical (unpaired) electrons. The summed E-state index contributed by atoms with van der Waals surface area (Å²) < 4.78 is 38.0. The number of hydrogen-bond donors (Lipinski definition) is 1. The second-order valence-corrected chi connectivity index (χ2v) is 4.68. The average Bonchev–Trinajstić information content (AvgIpc) is 2.38. The number of pyridine rings is 1. The van der Waals surface area contributed by atoms with Crippen molar-refractivity contribution in [1.29, 1.82) is 0 Å². The first kappa shape index (κ1) is 14.6. The van der Waals surface area contributed by atoms with Crippen LogP contribution in [0.15, 0.2) is 18.3 Å². The van der Waals surface area contributed by atoms with Gasteiger partial charge >= 0.3 is 12.1 Å². The fourth-order valence-corrected chi connectivity index (χ4v) is 2.12. The van der Waals surface area contributed by atoms with Crippen molar-refractivity contribution in [1.82, 2.24) is 9.88 Å². The van der Waals surface area contributed by atoms with E-state index in [9.17, 15) is 18.0 Å². The average molecular weight is 289 g/mol. The highest BCUT2D eigenvalue weighted by atomic mass is 19.4. The van der Waals surface area contributed by atoms with Crippen molar-refractivity contribution in [2.45, 2.75) is 12.2 Å². The maximum atomic E-state index is 12.7. The minimum Gasteiger partial charge on any atom is -0.480 e. The van der Waals surface area contributed by atoms with Gasteiger partial charge < -0.3 is 10.0 Å². The first-order valence-corrected chi connectivity index (χ1v) is 6.00. The van der Waals surface area contributed by atoms with Crippen LogP contribution >= 0.6 is 0 Å². The Morgan fingerprint density at radius 2 is 2.15 bits per heavy atom. The standard InChI is InChI=1S/C12H14F3N3O2/c1-17-4-5-18(7-9(17)11(19)20)10-6-8(2-3-16-10)12(13,14)15/h2-3,6,9H,4-5,7H2,1H3,(H,19,20). The van der Waals surface area contributed by atoms with E-state index in [1.807, 2.05) is 0 Å². The van der Waals surface area contributed by atoms with Gasteiger partial charge in [-0.2, -0.15) is 13.2 Å². The summed E-state index contributed by atoms with van der Waals surface area (Å²) in [6, 6.07) is 1.10. The highest BCUT2D eigenvalue weighted by molar-refractivity contribution is 5.74. The summed E-state index contributed by atoms with van der Waals surface area (Å²) >= 11 is 0. The number of anilines is 1. The number of carboxylic acid groups (broad SMARTS) is 1. The minimum absolute atomic E-state index is 0.111. The van der Waals surface area contributed by atoms with Gasteiger partial charge in [-0.25, -0.2) is 4.98 Å². The van der Waals surface area contributed by atoms with Gasteiger partial charge in [0.2, 0.25) is 0 Å². The highest BCUT2D eigenvalue weighted by Crippen LogP contribution is 2.31. The summed E-state index contributed by atoms with van der Waals surface area (Å²) in [5.74, 6) is -0.844. The number of likely N-dealkylation sites (N-methyl/N-ethyl adjacent to an activating group) is 1. The van der Waals surface area contributed by atoms with E-state index in [-0.39, 0.29) is 12.4 Å². The first-order valence-electron chi connectivity index (χ1n) is 6.00. The molecule has 0 aliphatic carbocycles. The molecule has 1 aromatic heterocycles. The molecule has 110 valence electrons. The second kappa shape index (κ2) is 5.28. The number of rotatable bonds is 2. The van der Waals surface area contributed by atoms with Crippen LogP contribution in [0.2, 0.25) is 0 Å². The molecule has 20 heavy (non-hydrogen) atoms. The fraction of sp³-hybridized carbons (Fsp3) is 0.500. The number of piperazine rings is 1. The summed E-state index contributed by atoms with van der Waals surface area (Å²) in [7, 11) is 1.68. The Morgan fingerprint density at radius 1 is 1.45 bits per heavy atom. The van der Waals surface area contributed by atoms with E-state index < -0.39 is 23.8 Å². The highest BCUT2D eigenvalue weighted by Gasteiger charge is 2.33. The van der Waals surface area contributed by atoms with Crippen LogP contribution in [0.1, 0.15) is 5.56 Å². The van der Waals surface area contributed by atoms with Gasteiger partial charge in [0.15, 0.2) is 0 Å². The van der Waals surface area contributed by atoms with Gasteiger partial charge in [-0.15, -0.1) is 0 Å². The molecular weight excluding hydrogens is 275 g/mol. The zero-order chi connectivity index (χ0) is 14.9. The normalized spacial score (nSPS) is 21.0. The molecule has 2 heterocycles. The Balaban J connectivity index is 2.22. The number of halogens is 3. The second-order valence-electron chi connectivity index (χ2n) is 4.68. The SMILES string of the molecule is CN1CCN(c2cc(C(F)(F)F)ccn2)CC1C(=O)O. The number of carboxylic acids is 1. The Morgan fingerprint density at radius 3 is 2.75 bits per heavy atom. The van der Waals surface area contributed by atoms with Gasteiger partial charge in [0.25, 0.3) is 0 Å². The van der Waals surface area contributed by atoms with Gasteiger partial charge in [-0.1, -0.05) is 0 Å². The molecule has 0 saturated carbocycles. The third kappa shape index (κ3) is 3.01. The van der Waals surface area contributed by atoms with E-state index in [0.29, 0.717) is 13.1 Å². The fourth-order valence-electron chi connectivity index (χ4n) is 2.12. The Kier molecular flexibility index (Phi) is 3.85. The van der Waals surface area contributed by atoms with Crippen LogP contribution < -0.4 is 4.90 Å². The zero-order valence-electron chi connectivity index (χ0n) is 10.8. The molecule has 2 rings (SSSR count). The molecule has 1 aliphatic rings. The number of aliphatic carboxylic acids is 1. The van der Waals surface area contributed by atoms with Crippen LogP contribution in [-0.4, -0.2) is 53.7 Å². The molecule has 0 spiro atoms. The lowest BCUT2D eigenvalue weighted by Crippen LogP contribution is -2.55. The van der Waals surface area contributed by atoms with Crippen LogP contribution in [0.3, 0.4) is 0 Å². The van der Waals surface area contributed by atoms with Crippen molar-refractivity contribution >= 4 is 11.8 Å². The lowest BCUT2D eigenvalue weighted by Gasteiger charge is -2.37. The molecular formula is C12H14F3N3O2. The van der Waals surface area contributed by atoms with E-state index in [1.165, 1.54) is 0 Å². The summed E-state index contributed by atoms with van der Waals surface area (Å²) in [5.41, 5.74) is -0.784. The van der Waals surface area contributed by atoms with E-state index >= 15 is 0 Å². The maximum absolute atomic E-state index is 12.7. The third-order valence-electron chi connectivity index (χ3n) is 3.33.